The normalized spacial score (nSPS) is 29.4. The molecule has 2 heterocycles. The zero-order chi connectivity index (χ0) is 22.5. The van der Waals surface area contributed by atoms with Crippen LogP contribution in [-0.4, -0.2) is 36.6 Å². The van der Waals surface area contributed by atoms with Gasteiger partial charge in [0.15, 0.2) is 11.9 Å². The van der Waals surface area contributed by atoms with Gasteiger partial charge in [-0.25, -0.2) is 0 Å². The van der Waals surface area contributed by atoms with Gasteiger partial charge in [0.25, 0.3) is 0 Å². The fourth-order valence-electron chi connectivity index (χ4n) is 4.21. The molecule has 0 saturated carbocycles. The van der Waals surface area contributed by atoms with E-state index in [1.807, 2.05) is 91.0 Å². The number of halogens is 1. The fourth-order valence-corrected chi connectivity index (χ4v) is 4.56. The third-order valence-electron chi connectivity index (χ3n) is 5.91. The van der Waals surface area contributed by atoms with Crippen LogP contribution in [0.25, 0.3) is 0 Å². The topological polar surface area (TPSA) is 46.2 Å². The summed E-state index contributed by atoms with van der Waals surface area (Å²) in [4.78, 5) is 0. The third kappa shape index (κ3) is 5.46. The summed E-state index contributed by atoms with van der Waals surface area (Å²) in [5.41, 5.74) is 2.39. The molecule has 0 radical (unpaired) electrons. The summed E-state index contributed by atoms with van der Waals surface area (Å²) in [5.74, 6) is 0. The van der Waals surface area contributed by atoms with Crippen molar-refractivity contribution in [2.75, 3.05) is 6.61 Å². The molecule has 3 aromatic rings. The average Bonchev–Trinajstić information content (AvgIpc) is 2.88. The van der Waals surface area contributed by atoms with E-state index in [9.17, 15) is 0 Å². The predicted octanol–water partition coefficient (Wildman–Crippen LogP) is 5.24. The lowest BCUT2D eigenvalue weighted by atomic mass is 9.98. The van der Waals surface area contributed by atoms with Crippen LogP contribution in [0, 0.1) is 0 Å². The van der Waals surface area contributed by atoms with Crippen LogP contribution in [0.2, 0.25) is 0 Å². The van der Waals surface area contributed by atoms with E-state index in [0.717, 1.165) is 16.7 Å². The van der Waals surface area contributed by atoms with Gasteiger partial charge in [-0.3, -0.25) is 0 Å². The third-order valence-corrected chi connectivity index (χ3v) is 6.26. The fraction of sp³-hybridized carbons (Fsp3) is 0.333. The van der Waals surface area contributed by atoms with Crippen LogP contribution in [0.15, 0.2) is 91.0 Å². The van der Waals surface area contributed by atoms with E-state index < -0.39 is 24.1 Å². The molecule has 5 nitrogen and oxygen atoms in total. The zero-order valence-electron chi connectivity index (χ0n) is 18.2. The maximum atomic E-state index is 6.66. The summed E-state index contributed by atoms with van der Waals surface area (Å²) >= 11 is 6.66. The van der Waals surface area contributed by atoms with Crippen molar-refractivity contribution < 1.29 is 23.7 Å². The SMILES string of the molecule is Cl[C@H]1O[C@@H]2COC(c3ccccc3)O[C@@H]2[C@H](OCc2ccccc2)[C@H]1OCc1ccccc1. The summed E-state index contributed by atoms with van der Waals surface area (Å²) in [6.07, 6.45) is -2.16. The summed E-state index contributed by atoms with van der Waals surface area (Å²) in [5, 5.41) is 0. The van der Waals surface area contributed by atoms with Crippen LogP contribution in [-0.2, 0) is 36.9 Å². The highest BCUT2D eigenvalue weighted by Crippen LogP contribution is 2.37. The van der Waals surface area contributed by atoms with E-state index in [1.165, 1.54) is 0 Å². The molecular weight excluding hydrogens is 440 g/mol. The van der Waals surface area contributed by atoms with Crippen LogP contribution >= 0.6 is 11.6 Å². The number of ether oxygens (including phenoxy) is 5. The van der Waals surface area contributed by atoms with Gasteiger partial charge in [0.2, 0.25) is 0 Å². The highest BCUT2D eigenvalue weighted by atomic mass is 35.5. The van der Waals surface area contributed by atoms with Crippen molar-refractivity contribution in [2.24, 2.45) is 0 Å². The summed E-state index contributed by atoms with van der Waals surface area (Å²) < 4.78 is 31.1. The van der Waals surface area contributed by atoms with Crippen LogP contribution in [0.3, 0.4) is 0 Å². The van der Waals surface area contributed by atoms with Gasteiger partial charge in [-0.2, -0.15) is 0 Å². The standard InChI is InChI=1S/C27H27ClO5/c28-26-25(30-17-20-12-6-2-7-13-20)24(29-16-19-10-4-1-5-11-19)23-22(32-26)18-31-27(33-23)21-14-8-3-9-15-21/h1-15,22-27H,16-18H2/t22-,23+,24+,25-,26+,27?/m1/s1. The first-order chi connectivity index (χ1) is 16.3. The van der Waals surface area contributed by atoms with Crippen LogP contribution in [0.5, 0.6) is 0 Å². The van der Waals surface area contributed by atoms with Gasteiger partial charge in [-0.05, 0) is 11.1 Å². The molecule has 2 saturated heterocycles. The molecule has 2 aliphatic rings. The highest BCUT2D eigenvalue weighted by Gasteiger charge is 2.50. The Morgan fingerprint density at radius 1 is 0.697 bits per heavy atom. The van der Waals surface area contributed by atoms with Crippen LogP contribution < -0.4 is 0 Å². The molecule has 1 unspecified atom stereocenters. The molecule has 0 spiro atoms. The molecule has 6 heteroatoms. The van der Waals surface area contributed by atoms with E-state index >= 15 is 0 Å². The van der Waals surface area contributed by atoms with Crippen molar-refractivity contribution >= 4 is 11.6 Å². The molecule has 0 bridgehead atoms. The molecule has 5 rings (SSSR count). The van der Waals surface area contributed by atoms with Gasteiger partial charge >= 0.3 is 0 Å². The number of alkyl halides is 1. The first-order valence-electron chi connectivity index (χ1n) is 11.2. The first kappa shape index (κ1) is 22.5. The van der Waals surface area contributed by atoms with Gasteiger partial charge in [0.05, 0.1) is 19.8 Å². The van der Waals surface area contributed by atoms with Crippen molar-refractivity contribution in [2.45, 2.75) is 49.5 Å². The molecule has 172 valence electrons. The Bertz CT molecular complexity index is 987. The number of fused-ring (bicyclic) bond motifs is 1. The second-order valence-electron chi connectivity index (χ2n) is 8.22. The molecule has 6 atom stereocenters. The number of rotatable bonds is 7. The van der Waals surface area contributed by atoms with Crippen molar-refractivity contribution in [1.82, 2.24) is 0 Å². The van der Waals surface area contributed by atoms with Crippen molar-refractivity contribution in [3.05, 3.63) is 108 Å². The minimum atomic E-state index is -0.684. The van der Waals surface area contributed by atoms with E-state index in [-0.39, 0.29) is 12.2 Å². The van der Waals surface area contributed by atoms with Gasteiger partial charge < -0.3 is 23.7 Å². The van der Waals surface area contributed by atoms with Crippen molar-refractivity contribution in [1.29, 1.82) is 0 Å². The number of benzene rings is 3. The summed E-state index contributed by atoms with van der Waals surface area (Å²) in [6, 6.07) is 29.9. The molecule has 0 amide bonds. The number of hydrogen-bond donors (Lipinski definition) is 0. The molecule has 3 aromatic carbocycles. The lowest BCUT2D eigenvalue weighted by Crippen LogP contribution is -2.61. The average molecular weight is 467 g/mol. The van der Waals surface area contributed by atoms with Crippen LogP contribution in [0.1, 0.15) is 23.0 Å². The van der Waals surface area contributed by atoms with E-state index in [0.29, 0.717) is 19.8 Å². The van der Waals surface area contributed by atoms with Gasteiger partial charge in [-0.15, -0.1) is 0 Å². The highest BCUT2D eigenvalue weighted by molar-refractivity contribution is 6.20. The van der Waals surface area contributed by atoms with E-state index in [4.69, 9.17) is 35.3 Å². The van der Waals surface area contributed by atoms with E-state index in [1.54, 1.807) is 0 Å². The Labute approximate surface area is 199 Å². The summed E-state index contributed by atoms with van der Waals surface area (Å²) in [6.45, 7) is 1.19. The molecule has 2 fully saturated rings. The Hall–Kier alpha value is -2.25. The van der Waals surface area contributed by atoms with Gasteiger partial charge in [0.1, 0.15) is 24.4 Å². The Morgan fingerprint density at radius 3 is 1.85 bits per heavy atom. The molecule has 0 aromatic heterocycles. The number of hydrogen-bond acceptors (Lipinski definition) is 5. The van der Waals surface area contributed by atoms with Crippen molar-refractivity contribution in [3.8, 4) is 0 Å². The van der Waals surface area contributed by atoms with Crippen LogP contribution in [0.4, 0.5) is 0 Å². The second kappa shape index (κ2) is 10.8. The largest absolute Gasteiger partial charge is 0.368 e. The lowest BCUT2D eigenvalue weighted by molar-refractivity contribution is -0.330. The van der Waals surface area contributed by atoms with Gasteiger partial charge in [0, 0.05) is 5.56 Å². The Balaban J connectivity index is 1.36. The smallest absolute Gasteiger partial charge is 0.184 e. The minimum absolute atomic E-state index is 0.343. The first-order valence-corrected chi connectivity index (χ1v) is 11.6. The molecule has 2 aliphatic heterocycles. The Kier molecular flexibility index (Phi) is 7.37. The molecular formula is C27H27ClO5. The maximum absolute atomic E-state index is 6.66. The molecule has 33 heavy (non-hydrogen) atoms. The van der Waals surface area contributed by atoms with Crippen molar-refractivity contribution in [3.63, 3.8) is 0 Å². The zero-order valence-corrected chi connectivity index (χ0v) is 18.9. The Morgan fingerprint density at radius 2 is 1.24 bits per heavy atom. The van der Waals surface area contributed by atoms with E-state index in [2.05, 4.69) is 0 Å². The molecule has 0 aliphatic carbocycles. The quantitative estimate of drug-likeness (QED) is 0.446. The molecule has 0 N–H and O–H groups in total. The second-order valence-corrected chi connectivity index (χ2v) is 8.65. The minimum Gasteiger partial charge on any atom is -0.368 e. The monoisotopic (exact) mass is 466 g/mol. The maximum Gasteiger partial charge on any atom is 0.184 e. The predicted molar refractivity (Wildman–Crippen MR) is 125 cm³/mol. The van der Waals surface area contributed by atoms with Gasteiger partial charge in [-0.1, -0.05) is 103 Å². The lowest BCUT2D eigenvalue weighted by Gasteiger charge is -2.47. The summed E-state index contributed by atoms with van der Waals surface area (Å²) in [7, 11) is 0.